The van der Waals surface area contributed by atoms with Gasteiger partial charge in [0.15, 0.2) is 15.5 Å². The molecule has 0 N–H and O–H groups in total. The van der Waals surface area contributed by atoms with Crippen LogP contribution in [0.5, 0.6) is 0 Å². The van der Waals surface area contributed by atoms with Crippen LogP contribution in [-0.4, -0.2) is 15.0 Å². The van der Waals surface area contributed by atoms with E-state index in [4.69, 9.17) is 4.42 Å². The number of furan rings is 1. The molecule has 0 saturated carbocycles. The second-order valence-electron chi connectivity index (χ2n) is 5.93. The topological polar surface area (TPSA) is 51.8 Å². The Kier molecular flexibility index (Phi) is 3.67. The van der Waals surface area contributed by atoms with Crippen molar-refractivity contribution in [1.82, 2.24) is 15.0 Å². The van der Waals surface area contributed by atoms with Crippen molar-refractivity contribution in [1.29, 1.82) is 0 Å². The molecule has 0 aliphatic rings. The molecule has 124 valence electrons. The van der Waals surface area contributed by atoms with Gasteiger partial charge in [0.2, 0.25) is 0 Å². The lowest BCUT2D eigenvalue weighted by molar-refractivity contribution is 0.669. The molecular formula is C21H12IN3O. The van der Waals surface area contributed by atoms with Crippen LogP contribution < -0.4 is 0 Å². The molecule has 3 aromatic carbocycles. The highest BCUT2D eigenvalue weighted by Gasteiger charge is 2.12. The van der Waals surface area contributed by atoms with Gasteiger partial charge in [0.25, 0.3) is 0 Å². The first kappa shape index (κ1) is 15.5. The molecule has 5 aromatic rings. The van der Waals surface area contributed by atoms with Gasteiger partial charge in [-0.1, -0.05) is 48.5 Å². The smallest absolute Gasteiger partial charge is 0.194 e. The molecule has 4 nitrogen and oxygen atoms in total. The summed E-state index contributed by atoms with van der Waals surface area (Å²) in [5.41, 5.74) is 3.67. The van der Waals surface area contributed by atoms with E-state index in [-0.39, 0.29) is 0 Å². The molecule has 0 radical (unpaired) electrons. The molecule has 0 unspecified atom stereocenters. The van der Waals surface area contributed by atoms with Crippen molar-refractivity contribution in [2.45, 2.75) is 0 Å². The fraction of sp³-hybridized carbons (Fsp3) is 0. The molecule has 26 heavy (non-hydrogen) atoms. The monoisotopic (exact) mass is 449 g/mol. The van der Waals surface area contributed by atoms with E-state index in [1.807, 2.05) is 60.7 Å². The minimum absolute atomic E-state index is 0.662. The number of rotatable bonds is 2. The molecule has 5 heteroatoms. The van der Waals surface area contributed by atoms with Gasteiger partial charge < -0.3 is 4.42 Å². The SMILES string of the molecule is Ic1nc(-c2ccccc2)nc(-c2ccc3oc4ccccc4c3c2)n1. The Morgan fingerprint density at radius 3 is 2.15 bits per heavy atom. The van der Waals surface area contributed by atoms with Crippen LogP contribution in [0.4, 0.5) is 0 Å². The van der Waals surface area contributed by atoms with Crippen LogP contribution in [-0.2, 0) is 0 Å². The summed E-state index contributed by atoms with van der Waals surface area (Å²) < 4.78 is 6.58. The van der Waals surface area contributed by atoms with E-state index in [1.54, 1.807) is 0 Å². The second-order valence-corrected chi connectivity index (χ2v) is 6.89. The molecule has 5 rings (SSSR count). The van der Waals surface area contributed by atoms with E-state index in [1.165, 1.54) is 0 Å². The fourth-order valence-electron chi connectivity index (χ4n) is 3.06. The first-order chi connectivity index (χ1) is 12.8. The van der Waals surface area contributed by atoms with Crippen molar-refractivity contribution in [3.8, 4) is 22.8 Å². The average Bonchev–Trinajstić information content (AvgIpc) is 3.06. The molecule has 0 aliphatic heterocycles. The summed E-state index contributed by atoms with van der Waals surface area (Å²) in [6, 6.07) is 24.0. The second kappa shape index (κ2) is 6.17. The molecule has 0 amide bonds. The van der Waals surface area contributed by atoms with Gasteiger partial charge >= 0.3 is 0 Å². The normalized spacial score (nSPS) is 11.3. The van der Waals surface area contributed by atoms with Crippen LogP contribution >= 0.6 is 22.6 Å². The average molecular weight is 449 g/mol. The summed E-state index contributed by atoms with van der Waals surface area (Å²) in [5.74, 6) is 1.34. The summed E-state index contributed by atoms with van der Waals surface area (Å²) in [6.45, 7) is 0. The van der Waals surface area contributed by atoms with E-state index in [9.17, 15) is 0 Å². The fourth-order valence-corrected chi connectivity index (χ4v) is 3.52. The van der Waals surface area contributed by atoms with Gasteiger partial charge in [0, 0.05) is 44.5 Å². The maximum atomic E-state index is 5.91. The van der Waals surface area contributed by atoms with Crippen molar-refractivity contribution in [2.75, 3.05) is 0 Å². The number of benzene rings is 3. The first-order valence-electron chi connectivity index (χ1n) is 8.16. The number of aromatic nitrogens is 3. The number of para-hydroxylation sites is 1. The highest BCUT2D eigenvalue weighted by molar-refractivity contribution is 14.1. The van der Waals surface area contributed by atoms with Crippen LogP contribution in [0.15, 0.2) is 77.2 Å². The summed E-state index contributed by atoms with van der Waals surface area (Å²) in [7, 11) is 0. The zero-order valence-corrected chi connectivity index (χ0v) is 15.7. The lowest BCUT2D eigenvalue weighted by Gasteiger charge is -2.05. The van der Waals surface area contributed by atoms with Crippen LogP contribution in [0.1, 0.15) is 0 Å². The van der Waals surface area contributed by atoms with Crippen LogP contribution in [0.25, 0.3) is 44.7 Å². The number of hydrogen-bond donors (Lipinski definition) is 0. The zero-order valence-electron chi connectivity index (χ0n) is 13.6. The molecule has 0 bridgehead atoms. The Morgan fingerprint density at radius 2 is 1.31 bits per heavy atom. The quantitative estimate of drug-likeness (QED) is 0.324. The molecule has 0 saturated heterocycles. The summed E-state index contributed by atoms with van der Waals surface area (Å²) in [4.78, 5) is 13.7. The maximum Gasteiger partial charge on any atom is 0.194 e. The molecule has 0 atom stereocenters. The summed E-state index contributed by atoms with van der Waals surface area (Å²) in [5, 5.41) is 2.16. The zero-order chi connectivity index (χ0) is 17.5. The van der Waals surface area contributed by atoms with E-state index >= 15 is 0 Å². The predicted octanol–water partition coefficient (Wildman–Crippen LogP) is 5.71. The van der Waals surface area contributed by atoms with Crippen molar-refractivity contribution in [3.63, 3.8) is 0 Å². The molecular weight excluding hydrogens is 437 g/mol. The third-order valence-electron chi connectivity index (χ3n) is 4.28. The van der Waals surface area contributed by atoms with Crippen LogP contribution in [0.2, 0.25) is 0 Å². The third kappa shape index (κ3) is 2.64. The van der Waals surface area contributed by atoms with Crippen LogP contribution in [0, 0.1) is 3.83 Å². The highest BCUT2D eigenvalue weighted by atomic mass is 127. The van der Waals surface area contributed by atoms with Crippen molar-refractivity contribution < 1.29 is 4.42 Å². The Balaban J connectivity index is 1.70. The minimum Gasteiger partial charge on any atom is -0.456 e. The van der Waals surface area contributed by atoms with Crippen molar-refractivity contribution >= 4 is 44.5 Å². The van der Waals surface area contributed by atoms with Gasteiger partial charge in [0.1, 0.15) is 11.2 Å². The number of hydrogen-bond acceptors (Lipinski definition) is 4. The Bertz CT molecular complexity index is 1250. The standard InChI is InChI=1S/C21H12IN3O/c22-21-24-19(13-6-2-1-3-7-13)23-20(25-21)14-10-11-18-16(12-14)15-8-4-5-9-17(15)26-18/h1-12H. The van der Waals surface area contributed by atoms with E-state index in [2.05, 4.69) is 49.7 Å². The number of halogens is 1. The Morgan fingerprint density at radius 1 is 0.615 bits per heavy atom. The van der Waals surface area contributed by atoms with Gasteiger partial charge in [0.05, 0.1) is 0 Å². The van der Waals surface area contributed by atoms with Gasteiger partial charge in [-0.15, -0.1) is 0 Å². The van der Waals surface area contributed by atoms with E-state index in [0.717, 1.165) is 33.1 Å². The molecule has 2 aromatic heterocycles. The summed E-state index contributed by atoms with van der Waals surface area (Å²) in [6.07, 6.45) is 0. The predicted molar refractivity (Wildman–Crippen MR) is 111 cm³/mol. The largest absolute Gasteiger partial charge is 0.456 e. The van der Waals surface area contributed by atoms with Crippen LogP contribution in [0.3, 0.4) is 0 Å². The molecule has 0 fully saturated rings. The lowest BCUT2D eigenvalue weighted by Crippen LogP contribution is -1.99. The maximum absolute atomic E-state index is 5.91. The highest BCUT2D eigenvalue weighted by Crippen LogP contribution is 2.31. The van der Waals surface area contributed by atoms with Gasteiger partial charge in [-0.3, -0.25) is 0 Å². The van der Waals surface area contributed by atoms with Crippen molar-refractivity contribution in [3.05, 3.63) is 76.6 Å². The number of fused-ring (bicyclic) bond motifs is 3. The lowest BCUT2D eigenvalue weighted by atomic mass is 10.1. The van der Waals surface area contributed by atoms with Gasteiger partial charge in [-0.2, -0.15) is 0 Å². The van der Waals surface area contributed by atoms with E-state index < -0.39 is 0 Å². The Hall–Kier alpha value is -2.80. The first-order valence-corrected chi connectivity index (χ1v) is 9.24. The molecule has 0 spiro atoms. The van der Waals surface area contributed by atoms with E-state index in [0.29, 0.717) is 15.5 Å². The minimum atomic E-state index is 0.662. The summed E-state index contributed by atoms with van der Waals surface area (Å²) >= 11 is 2.13. The molecule has 2 heterocycles. The van der Waals surface area contributed by atoms with Gasteiger partial charge in [-0.05, 0) is 24.3 Å². The van der Waals surface area contributed by atoms with Gasteiger partial charge in [-0.25, -0.2) is 15.0 Å². The third-order valence-corrected chi connectivity index (χ3v) is 4.76. The Labute approximate surface area is 163 Å². The van der Waals surface area contributed by atoms with Crippen molar-refractivity contribution in [2.24, 2.45) is 0 Å². The number of nitrogens with zero attached hydrogens (tertiary/aromatic N) is 3. The molecule has 0 aliphatic carbocycles.